The number of nitrogens with zero attached hydrogens (tertiary/aromatic N) is 1. The van der Waals surface area contributed by atoms with E-state index in [1.807, 2.05) is 24.3 Å². The Labute approximate surface area is 90.7 Å². The lowest BCUT2D eigenvalue weighted by Crippen LogP contribution is -2.27. The summed E-state index contributed by atoms with van der Waals surface area (Å²) in [5, 5.41) is 12.7. The van der Waals surface area contributed by atoms with E-state index in [4.69, 9.17) is 0 Å². The molecule has 0 aromatic heterocycles. The lowest BCUT2D eigenvalue weighted by Gasteiger charge is -2.15. The number of nitrogens with one attached hydrogen (secondary N) is 1. The van der Waals surface area contributed by atoms with Gasteiger partial charge in [0.1, 0.15) is 0 Å². The average molecular weight is 205 g/mol. The van der Waals surface area contributed by atoms with Gasteiger partial charge in [-0.3, -0.25) is 4.90 Å². The number of aliphatic hydroxyl groups is 1. The number of anilines is 1. The molecule has 1 aliphatic heterocycles. The van der Waals surface area contributed by atoms with Crippen LogP contribution in [0.5, 0.6) is 0 Å². The second kappa shape index (κ2) is 5.14. The molecule has 1 saturated heterocycles. The SMILES string of the molecule is OC1CCN(CCNc2c[c]ccc2)C1. The second-order valence-electron chi connectivity index (χ2n) is 3.96. The first-order valence-corrected chi connectivity index (χ1v) is 5.45. The predicted molar refractivity (Wildman–Crippen MR) is 60.8 cm³/mol. The fourth-order valence-electron chi connectivity index (χ4n) is 1.88. The van der Waals surface area contributed by atoms with Crippen LogP contribution in [0.1, 0.15) is 6.42 Å². The van der Waals surface area contributed by atoms with Crippen molar-refractivity contribution in [2.75, 3.05) is 31.5 Å². The van der Waals surface area contributed by atoms with Crippen LogP contribution in [0, 0.1) is 6.07 Å². The highest BCUT2D eigenvalue weighted by Gasteiger charge is 2.18. The molecule has 0 bridgehead atoms. The summed E-state index contributed by atoms with van der Waals surface area (Å²) in [4.78, 5) is 2.28. The number of hydrogen-bond acceptors (Lipinski definition) is 3. The molecule has 3 nitrogen and oxygen atoms in total. The molecule has 81 valence electrons. The van der Waals surface area contributed by atoms with E-state index in [-0.39, 0.29) is 6.10 Å². The lowest BCUT2D eigenvalue weighted by atomic mass is 10.3. The van der Waals surface area contributed by atoms with Crippen LogP contribution in [0.25, 0.3) is 0 Å². The first kappa shape index (κ1) is 10.5. The van der Waals surface area contributed by atoms with Gasteiger partial charge < -0.3 is 10.4 Å². The quantitative estimate of drug-likeness (QED) is 0.768. The molecule has 1 aromatic rings. The molecule has 1 atom stereocenters. The first-order chi connectivity index (χ1) is 7.34. The molecular weight excluding hydrogens is 188 g/mol. The summed E-state index contributed by atoms with van der Waals surface area (Å²) >= 11 is 0. The Morgan fingerprint density at radius 2 is 2.53 bits per heavy atom. The van der Waals surface area contributed by atoms with Crippen molar-refractivity contribution in [1.82, 2.24) is 4.90 Å². The Bertz CT molecular complexity index is 289. The van der Waals surface area contributed by atoms with Crippen LogP contribution >= 0.6 is 0 Å². The maximum atomic E-state index is 9.35. The zero-order valence-electron chi connectivity index (χ0n) is 8.82. The van der Waals surface area contributed by atoms with Crippen molar-refractivity contribution in [3.63, 3.8) is 0 Å². The minimum atomic E-state index is -0.116. The first-order valence-electron chi connectivity index (χ1n) is 5.45. The van der Waals surface area contributed by atoms with Crippen LogP contribution in [0.3, 0.4) is 0 Å². The van der Waals surface area contributed by atoms with Crippen molar-refractivity contribution in [2.45, 2.75) is 12.5 Å². The third-order valence-corrected chi connectivity index (χ3v) is 2.71. The molecule has 0 aliphatic carbocycles. The van der Waals surface area contributed by atoms with Gasteiger partial charge in [0.2, 0.25) is 0 Å². The Hall–Kier alpha value is -1.06. The van der Waals surface area contributed by atoms with Gasteiger partial charge >= 0.3 is 0 Å². The van der Waals surface area contributed by atoms with Gasteiger partial charge in [0.05, 0.1) is 6.10 Å². The van der Waals surface area contributed by atoms with E-state index >= 15 is 0 Å². The summed E-state index contributed by atoms with van der Waals surface area (Å²) in [6, 6.07) is 10.9. The van der Waals surface area contributed by atoms with E-state index in [2.05, 4.69) is 16.3 Å². The highest BCUT2D eigenvalue weighted by atomic mass is 16.3. The molecular formula is C12H17N2O. The van der Waals surface area contributed by atoms with Crippen molar-refractivity contribution in [1.29, 1.82) is 0 Å². The van der Waals surface area contributed by atoms with Gasteiger partial charge in [0.25, 0.3) is 0 Å². The zero-order chi connectivity index (χ0) is 10.5. The van der Waals surface area contributed by atoms with Gasteiger partial charge in [0, 0.05) is 31.9 Å². The fourth-order valence-corrected chi connectivity index (χ4v) is 1.88. The van der Waals surface area contributed by atoms with E-state index in [1.165, 1.54) is 0 Å². The van der Waals surface area contributed by atoms with Crippen molar-refractivity contribution in [2.24, 2.45) is 0 Å². The molecule has 1 heterocycles. The summed E-state index contributed by atoms with van der Waals surface area (Å²) in [6.45, 7) is 3.75. The fraction of sp³-hybridized carbons (Fsp3) is 0.500. The van der Waals surface area contributed by atoms with E-state index in [0.717, 1.165) is 38.3 Å². The molecule has 1 unspecified atom stereocenters. The number of benzene rings is 1. The van der Waals surface area contributed by atoms with E-state index in [9.17, 15) is 5.11 Å². The minimum Gasteiger partial charge on any atom is -0.392 e. The number of hydrogen-bond donors (Lipinski definition) is 2. The van der Waals surface area contributed by atoms with Crippen LogP contribution in [0.2, 0.25) is 0 Å². The molecule has 2 N–H and O–H groups in total. The third-order valence-electron chi connectivity index (χ3n) is 2.71. The van der Waals surface area contributed by atoms with Crippen LogP contribution in [-0.2, 0) is 0 Å². The highest BCUT2D eigenvalue weighted by molar-refractivity contribution is 5.41. The third kappa shape index (κ3) is 3.22. The van der Waals surface area contributed by atoms with Gasteiger partial charge in [-0.05, 0) is 24.6 Å². The maximum absolute atomic E-state index is 9.35. The van der Waals surface area contributed by atoms with Crippen molar-refractivity contribution >= 4 is 5.69 Å². The van der Waals surface area contributed by atoms with Crippen LogP contribution in [0.15, 0.2) is 24.3 Å². The Kier molecular flexibility index (Phi) is 3.59. The minimum absolute atomic E-state index is 0.116. The standard InChI is InChI=1S/C12H17N2O/c15-12-6-8-14(10-12)9-7-13-11-4-2-1-3-5-11/h1-2,4-5,12-13,15H,6-10H2. The largest absolute Gasteiger partial charge is 0.392 e. The Balaban J connectivity index is 1.67. The van der Waals surface area contributed by atoms with Gasteiger partial charge in [-0.25, -0.2) is 0 Å². The number of aliphatic hydroxyl groups excluding tert-OH is 1. The Morgan fingerprint density at radius 3 is 3.20 bits per heavy atom. The van der Waals surface area contributed by atoms with E-state index in [0.29, 0.717) is 0 Å². The molecule has 1 fully saturated rings. The van der Waals surface area contributed by atoms with Gasteiger partial charge in [0.15, 0.2) is 0 Å². The van der Waals surface area contributed by atoms with Gasteiger partial charge in [-0.1, -0.05) is 12.1 Å². The van der Waals surface area contributed by atoms with Crippen LogP contribution in [0.4, 0.5) is 5.69 Å². The zero-order valence-corrected chi connectivity index (χ0v) is 8.82. The smallest absolute Gasteiger partial charge is 0.0679 e. The second-order valence-corrected chi connectivity index (χ2v) is 3.96. The predicted octanol–water partition coefficient (Wildman–Crippen LogP) is 0.965. The molecule has 2 rings (SSSR count). The van der Waals surface area contributed by atoms with Crippen molar-refractivity contribution < 1.29 is 5.11 Å². The molecule has 1 aromatic carbocycles. The van der Waals surface area contributed by atoms with Gasteiger partial charge in [-0.15, -0.1) is 0 Å². The van der Waals surface area contributed by atoms with E-state index in [1.54, 1.807) is 0 Å². The van der Waals surface area contributed by atoms with Crippen molar-refractivity contribution in [3.8, 4) is 0 Å². The summed E-state index contributed by atoms with van der Waals surface area (Å²) in [5.41, 5.74) is 1.11. The topological polar surface area (TPSA) is 35.5 Å². The maximum Gasteiger partial charge on any atom is 0.0679 e. The monoisotopic (exact) mass is 205 g/mol. The molecule has 15 heavy (non-hydrogen) atoms. The summed E-state index contributed by atoms with van der Waals surface area (Å²) in [5.74, 6) is 0. The molecule has 1 radical (unpaired) electrons. The molecule has 0 spiro atoms. The number of likely N-dealkylation sites (tertiary alicyclic amines) is 1. The number of β-amino-alcohol motifs (C(OH)–C–C–N with tert-alkyl or cyclic N) is 1. The summed E-state index contributed by atoms with van der Waals surface area (Å²) in [7, 11) is 0. The normalized spacial score (nSPS) is 21.8. The molecule has 0 amide bonds. The van der Waals surface area contributed by atoms with Crippen molar-refractivity contribution in [3.05, 3.63) is 30.3 Å². The molecule has 0 saturated carbocycles. The number of rotatable bonds is 4. The highest BCUT2D eigenvalue weighted by Crippen LogP contribution is 2.08. The van der Waals surface area contributed by atoms with Gasteiger partial charge in [-0.2, -0.15) is 0 Å². The molecule has 1 aliphatic rings. The average Bonchev–Trinajstić information content (AvgIpc) is 2.66. The van der Waals surface area contributed by atoms with Crippen LogP contribution in [-0.4, -0.2) is 42.3 Å². The van der Waals surface area contributed by atoms with Crippen LogP contribution < -0.4 is 5.32 Å². The lowest BCUT2D eigenvalue weighted by molar-refractivity contribution is 0.177. The molecule has 3 heteroatoms. The summed E-state index contributed by atoms with van der Waals surface area (Å²) in [6.07, 6.45) is 0.800. The summed E-state index contributed by atoms with van der Waals surface area (Å²) < 4.78 is 0. The Morgan fingerprint density at radius 1 is 1.60 bits per heavy atom. The van der Waals surface area contributed by atoms with E-state index < -0.39 is 0 Å².